The van der Waals surface area contributed by atoms with E-state index in [-0.39, 0.29) is 11.7 Å². The molecule has 0 spiro atoms. The number of hydrogen-bond donors (Lipinski definition) is 0. The van der Waals surface area contributed by atoms with Gasteiger partial charge in [-0.15, -0.1) is 0 Å². The third-order valence-electron chi connectivity index (χ3n) is 3.89. The fourth-order valence-electron chi connectivity index (χ4n) is 2.59. The number of amides is 1. The van der Waals surface area contributed by atoms with E-state index in [1.165, 1.54) is 12.1 Å². The third kappa shape index (κ3) is 3.50. The minimum absolute atomic E-state index is 0.0254. The molecule has 3 nitrogen and oxygen atoms in total. The Bertz CT molecular complexity index is 682. The van der Waals surface area contributed by atoms with E-state index in [1.807, 2.05) is 30.0 Å². The molecule has 114 valence electrons. The number of nitrogens with zero attached hydrogens (tertiary/aromatic N) is 2. The Kier molecular flexibility index (Phi) is 4.18. The Hall–Kier alpha value is -2.23. The lowest BCUT2D eigenvalue weighted by Gasteiger charge is -2.22. The van der Waals surface area contributed by atoms with Gasteiger partial charge in [-0.25, -0.2) is 9.37 Å². The second-order valence-electron chi connectivity index (χ2n) is 5.77. The van der Waals surface area contributed by atoms with Crippen LogP contribution in [0, 0.1) is 12.7 Å². The highest BCUT2D eigenvalue weighted by atomic mass is 19.1. The van der Waals surface area contributed by atoms with E-state index >= 15 is 0 Å². The molecule has 0 atom stereocenters. The van der Waals surface area contributed by atoms with Crippen molar-refractivity contribution in [1.82, 2.24) is 9.88 Å². The zero-order valence-electron chi connectivity index (χ0n) is 12.6. The van der Waals surface area contributed by atoms with E-state index in [4.69, 9.17) is 0 Å². The molecule has 3 rings (SSSR count). The van der Waals surface area contributed by atoms with E-state index < -0.39 is 0 Å². The Morgan fingerprint density at radius 2 is 2.05 bits per heavy atom. The minimum atomic E-state index is -0.234. The number of benzene rings is 1. The van der Waals surface area contributed by atoms with Crippen LogP contribution in [0.5, 0.6) is 0 Å². The molecule has 22 heavy (non-hydrogen) atoms. The van der Waals surface area contributed by atoms with Crippen LogP contribution in [0.3, 0.4) is 0 Å². The van der Waals surface area contributed by atoms with Gasteiger partial charge in [-0.2, -0.15) is 0 Å². The first-order valence-electron chi connectivity index (χ1n) is 7.62. The van der Waals surface area contributed by atoms with E-state index in [0.29, 0.717) is 24.7 Å². The molecule has 2 aromatic rings. The highest BCUT2D eigenvalue weighted by Crippen LogP contribution is 2.28. The van der Waals surface area contributed by atoms with Gasteiger partial charge in [0.05, 0.1) is 0 Å². The summed E-state index contributed by atoms with van der Waals surface area (Å²) in [6.45, 7) is 2.48. The van der Waals surface area contributed by atoms with E-state index in [9.17, 15) is 9.18 Å². The molecule has 1 aliphatic carbocycles. The van der Waals surface area contributed by atoms with Gasteiger partial charge in [-0.1, -0.05) is 18.2 Å². The molecule has 1 fully saturated rings. The summed E-state index contributed by atoms with van der Waals surface area (Å²) >= 11 is 0. The quantitative estimate of drug-likeness (QED) is 0.848. The maximum atomic E-state index is 13.2. The molecule has 1 saturated carbocycles. The Labute approximate surface area is 129 Å². The van der Waals surface area contributed by atoms with E-state index in [2.05, 4.69) is 4.98 Å². The maximum Gasteiger partial charge on any atom is 0.272 e. The molecule has 1 aromatic carbocycles. The predicted molar refractivity (Wildman–Crippen MR) is 83.1 cm³/mol. The van der Waals surface area contributed by atoms with Crippen LogP contribution in [-0.2, 0) is 6.42 Å². The number of carbonyl (C=O) groups is 1. The molecule has 0 N–H and O–H groups in total. The number of hydrogen-bond acceptors (Lipinski definition) is 2. The van der Waals surface area contributed by atoms with Crippen molar-refractivity contribution in [2.75, 3.05) is 6.54 Å². The number of pyridine rings is 1. The summed E-state index contributed by atoms with van der Waals surface area (Å²) in [5.41, 5.74) is 2.24. The Morgan fingerprint density at radius 3 is 2.73 bits per heavy atom. The first kappa shape index (κ1) is 14.7. The molecule has 0 bridgehead atoms. The molecule has 0 saturated heterocycles. The summed E-state index contributed by atoms with van der Waals surface area (Å²) in [6.07, 6.45) is 2.74. The van der Waals surface area contributed by atoms with Crippen LogP contribution < -0.4 is 0 Å². The summed E-state index contributed by atoms with van der Waals surface area (Å²) in [4.78, 5) is 18.9. The average Bonchev–Trinajstić information content (AvgIpc) is 3.32. The monoisotopic (exact) mass is 298 g/mol. The summed E-state index contributed by atoms with van der Waals surface area (Å²) in [5, 5.41) is 0. The first-order chi connectivity index (χ1) is 10.6. The minimum Gasteiger partial charge on any atom is -0.334 e. The number of carbonyl (C=O) groups excluding carboxylic acids is 1. The summed E-state index contributed by atoms with van der Waals surface area (Å²) in [6, 6.07) is 12.4. The topological polar surface area (TPSA) is 33.2 Å². The molecule has 1 amide bonds. The van der Waals surface area contributed by atoms with Gasteiger partial charge in [0.15, 0.2) is 0 Å². The van der Waals surface area contributed by atoms with Crippen LogP contribution in [0.2, 0.25) is 0 Å². The largest absolute Gasteiger partial charge is 0.334 e. The normalized spacial score (nSPS) is 13.9. The molecule has 1 aromatic heterocycles. The van der Waals surface area contributed by atoms with Gasteiger partial charge in [-0.3, -0.25) is 4.79 Å². The lowest BCUT2D eigenvalue weighted by atomic mass is 10.1. The van der Waals surface area contributed by atoms with Gasteiger partial charge >= 0.3 is 0 Å². The van der Waals surface area contributed by atoms with Crippen molar-refractivity contribution >= 4 is 5.91 Å². The number of halogens is 1. The number of aryl methyl sites for hydroxylation is 1. The first-order valence-corrected chi connectivity index (χ1v) is 7.62. The Morgan fingerprint density at radius 1 is 1.27 bits per heavy atom. The van der Waals surface area contributed by atoms with Crippen molar-refractivity contribution < 1.29 is 9.18 Å². The predicted octanol–water partition coefficient (Wildman–Crippen LogP) is 3.38. The SMILES string of the molecule is Cc1cccc(C(=O)N(CCc2cccc(F)c2)C2CC2)n1. The van der Waals surface area contributed by atoms with Crippen LogP contribution in [0.1, 0.15) is 34.6 Å². The fraction of sp³-hybridized carbons (Fsp3) is 0.333. The van der Waals surface area contributed by atoms with E-state index in [0.717, 1.165) is 24.1 Å². The maximum absolute atomic E-state index is 13.2. The summed E-state index contributed by atoms with van der Waals surface area (Å²) in [5.74, 6) is -0.259. The van der Waals surface area contributed by atoms with Crippen LogP contribution in [0.4, 0.5) is 4.39 Å². The highest BCUT2D eigenvalue weighted by molar-refractivity contribution is 5.92. The second-order valence-corrected chi connectivity index (χ2v) is 5.77. The molecule has 0 aliphatic heterocycles. The fourth-order valence-corrected chi connectivity index (χ4v) is 2.59. The van der Waals surface area contributed by atoms with Gasteiger partial charge in [0.1, 0.15) is 11.5 Å². The third-order valence-corrected chi connectivity index (χ3v) is 3.89. The average molecular weight is 298 g/mol. The van der Waals surface area contributed by atoms with Gasteiger partial charge in [-0.05, 0) is 56.0 Å². The Balaban J connectivity index is 1.71. The lowest BCUT2D eigenvalue weighted by Crippen LogP contribution is -2.35. The van der Waals surface area contributed by atoms with Crippen LogP contribution in [0.25, 0.3) is 0 Å². The van der Waals surface area contributed by atoms with Crippen LogP contribution in [-0.4, -0.2) is 28.4 Å². The number of aromatic nitrogens is 1. The number of rotatable bonds is 5. The zero-order chi connectivity index (χ0) is 15.5. The van der Waals surface area contributed by atoms with Gasteiger partial charge in [0.2, 0.25) is 0 Å². The standard InChI is InChI=1S/C18H19FN2O/c1-13-4-2-7-17(20-13)18(22)21(16-8-9-16)11-10-14-5-3-6-15(19)12-14/h2-7,12,16H,8-11H2,1H3. The van der Waals surface area contributed by atoms with E-state index in [1.54, 1.807) is 12.1 Å². The smallest absolute Gasteiger partial charge is 0.272 e. The highest BCUT2D eigenvalue weighted by Gasteiger charge is 2.33. The second kappa shape index (κ2) is 6.26. The van der Waals surface area contributed by atoms with Crippen LogP contribution in [0.15, 0.2) is 42.5 Å². The molecular formula is C18H19FN2O. The van der Waals surface area contributed by atoms with Crippen molar-refractivity contribution in [1.29, 1.82) is 0 Å². The molecule has 1 aliphatic rings. The molecular weight excluding hydrogens is 279 g/mol. The van der Waals surface area contributed by atoms with Crippen molar-refractivity contribution in [3.05, 3.63) is 65.2 Å². The molecule has 1 heterocycles. The van der Waals surface area contributed by atoms with Crippen molar-refractivity contribution in [2.24, 2.45) is 0 Å². The van der Waals surface area contributed by atoms with Crippen molar-refractivity contribution in [3.8, 4) is 0 Å². The van der Waals surface area contributed by atoms with Crippen molar-refractivity contribution in [3.63, 3.8) is 0 Å². The summed E-state index contributed by atoms with van der Waals surface area (Å²) in [7, 11) is 0. The van der Waals surface area contributed by atoms with Gasteiger partial charge in [0.25, 0.3) is 5.91 Å². The van der Waals surface area contributed by atoms with Crippen molar-refractivity contribution in [2.45, 2.75) is 32.2 Å². The zero-order valence-corrected chi connectivity index (χ0v) is 12.6. The molecule has 0 radical (unpaired) electrons. The molecule has 0 unspecified atom stereocenters. The van der Waals surface area contributed by atoms with Crippen LogP contribution >= 0.6 is 0 Å². The van der Waals surface area contributed by atoms with Gasteiger partial charge < -0.3 is 4.90 Å². The molecule has 4 heteroatoms. The van der Waals surface area contributed by atoms with Gasteiger partial charge in [0, 0.05) is 18.3 Å². The summed E-state index contributed by atoms with van der Waals surface area (Å²) < 4.78 is 13.2. The lowest BCUT2D eigenvalue weighted by molar-refractivity contribution is 0.0739.